The van der Waals surface area contributed by atoms with Crippen molar-refractivity contribution in [1.29, 1.82) is 0 Å². The average molecular weight is 956 g/mol. The summed E-state index contributed by atoms with van der Waals surface area (Å²) in [5.74, 6) is -0.977. The van der Waals surface area contributed by atoms with Crippen LogP contribution < -0.4 is 0 Å². The zero-order valence-corrected chi connectivity index (χ0v) is 44.5. The fourth-order valence-electron chi connectivity index (χ4n) is 7.33. The van der Waals surface area contributed by atoms with Gasteiger partial charge in [-0.05, 0) is 103 Å². The van der Waals surface area contributed by atoms with Crippen LogP contribution >= 0.6 is 0 Å². The van der Waals surface area contributed by atoms with Crippen LogP contribution in [0.1, 0.15) is 239 Å². The third-order valence-electron chi connectivity index (χ3n) is 11.5. The first kappa shape index (κ1) is 64.8. The molecule has 0 saturated heterocycles. The highest BCUT2D eigenvalue weighted by atomic mass is 16.6. The van der Waals surface area contributed by atoms with E-state index in [4.69, 9.17) is 14.2 Å². The van der Waals surface area contributed by atoms with E-state index in [-0.39, 0.29) is 37.5 Å². The third kappa shape index (κ3) is 54.6. The standard InChI is InChI=1S/C63H102O6/c1-4-7-10-13-16-19-22-24-26-28-29-30-31-32-33-35-36-38-41-44-47-50-53-56-62(65)68-59-60(58-67-61(64)55-52-49-46-43-40-21-18-15-12-9-6-3)69-63(66)57-54-51-48-45-42-39-37-34-27-25-23-20-17-14-11-8-5-2/h7-8,10-11,16-17,19-20,24-27,29-30,32-33,36,38,44,47,60H,4-6,9,12-15,18,21-23,28,31,34-35,37,39-43,45-46,48-59H2,1-3H3/b10-7-,11-8-,19-16-,20-17-,26-24-,27-25-,30-29-,33-32-,38-36-,47-44-. The van der Waals surface area contributed by atoms with Gasteiger partial charge in [-0.2, -0.15) is 0 Å². The van der Waals surface area contributed by atoms with Crippen LogP contribution in [0, 0.1) is 0 Å². The van der Waals surface area contributed by atoms with Gasteiger partial charge in [0.1, 0.15) is 13.2 Å². The molecular weight excluding hydrogens is 853 g/mol. The first-order valence-electron chi connectivity index (χ1n) is 28.0. The largest absolute Gasteiger partial charge is 0.462 e. The lowest BCUT2D eigenvalue weighted by atomic mass is 10.1. The summed E-state index contributed by atoms with van der Waals surface area (Å²) in [6, 6.07) is 0. The van der Waals surface area contributed by atoms with Crippen LogP contribution in [0.4, 0.5) is 0 Å². The Labute approximate surface area is 424 Å². The number of carbonyl (C=O) groups is 3. The fourth-order valence-corrected chi connectivity index (χ4v) is 7.33. The van der Waals surface area contributed by atoms with Gasteiger partial charge in [0.05, 0.1) is 0 Å². The molecule has 69 heavy (non-hydrogen) atoms. The molecule has 0 heterocycles. The topological polar surface area (TPSA) is 78.9 Å². The monoisotopic (exact) mass is 955 g/mol. The summed E-state index contributed by atoms with van der Waals surface area (Å²) in [5.41, 5.74) is 0. The lowest BCUT2D eigenvalue weighted by Gasteiger charge is -2.18. The van der Waals surface area contributed by atoms with Gasteiger partial charge in [-0.25, -0.2) is 0 Å². The highest BCUT2D eigenvalue weighted by Gasteiger charge is 2.19. The van der Waals surface area contributed by atoms with E-state index in [9.17, 15) is 14.4 Å². The molecule has 6 heteroatoms. The van der Waals surface area contributed by atoms with E-state index in [2.05, 4.69) is 142 Å². The Bertz CT molecular complexity index is 1470. The normalized spacial score (nSPS) is 13.0. The molecule has 0 N–H and O–H groups in total. The minimum absolute atomic E-state index is 0.101. The molecule has 0 aromatic carbocycles. The van der Waals surface area contributed by atoms with Crippen LogP contribution in [-0.4, -0.2) is 37.2 Å². The van der Waals surface area contributed by atoms with Crippen molar-refractivity contribution in [2.75, 3.05) is 13.2 Å². The Balaban J connectivity index is 4.47. The number of allylic oxidation sites excluding steroid dienone is 20. The Morgan fingerprint density at radius 2 is 0.580 bits per heavy atom. The molecule has 0 fully saturated rings. The minimum Gasteiger partial charge on any atom is -0.462 e. The van der Waals surface area contributed by atoms with Crippen molar-refractivity contribution in [1.82, 2.24) is 0 Å². The summed E-state index contributed by atoms with van der Waals surface area (Å²) < 4.78 is 16.8. The van der Waals surface area contributed by atoms with Crippen molar-refractivity contribution in [3.8, 4) is 0 Å². The highest BCUT2D eigenvalue weighted by molar-refractivity contribution is 5.71. The Morgan fingerprint density at radius 3 is 0.942 bits per heavy atom. The SMILES string of the molecule is CC/C=C\C/C=C\C/C=C\C/C=C\C/C=C\C/C=C\C/C=C\CCCC(=O)OCC(COC(=O)CCCCCCCCCCCCC)OC(=O)CCCCCCCCC/C=C\C/C=C\C/C=C\CC. The molecule has 6 nitrogen and oxygen atoms in total. The number of carbonyl (C=O) groups excluding carboxylic acids is 3. The van der Waals surface area contributed by atoms with E-state index in [0.29, 0.717) is 19.3 Å². The van der Waals surface area contributed by atoms with Crippen molar-refractivity contribution in [2.45, 2.75) is 245 Å². The highest BCUT2D eigenvalue weighted by Crippen LogP contribution is 2.14. The number of ether oxygens (including phenoxy) is 3. The molecule has 0 spiro atoms. The van der Waals surface area contributed by atoms with E-state index < -0.39 is 6.10 Å². The van der Waals surface area contributed by atoms with Crippen molar-refractivity contribution in [3.05, 3.63) is 122 Å². The van der Waals surface area contributed by atoms with Gasteiger partial charge >= 0.3 is 17.9 Å². The van der Waals surface area contributed by atoms with Gasteiger partial charge in [0.25, 0.3) is 0 Å². The smallest absolute Gasteiger partial charge is 0.306 e. The summed E-state index contributed by atoms with van der Waals surface area (Å²) in [6.07, 6.45) is 77.6. The number of esters is 3. The summed E-state index contributed by atoms with van der Waals surface area (Å²) in [7, 11) is 0. The van der Waals surface area contributed by atoms with Gasteiger partial charge in [0.2, 0.25) is 0 Å². The maximum absolute atomic E-state index is 12.8. The lowest BCUT2D eigenvalue weighted by Crippen LogP contribution is -2.30. The van der Waals surface area contributed by atoms with Crippen LogP contribution in [0.25, 0.3) is 0 Å². The fraction of sp³-hybridized carbons (Fsp3) is 0.635. The van der Waals surface area contributed by atoms with Crippen LogP contribution in [0.15, 0.2) is 122 Å². The third-order valence-corrected chi connectivity index (χ3v) is 11.5. The van der Waals surface area contributed by atoms with Gasteiger partial charge in [-0.15, -0.1) is 0 Å². The maximum atomic E-state index is 12.8. The number of rotatable bonds is 49. The molecule has 0 bridgehead atoms. The minimum atomic E-state index is -0.808. The summed E-state index contributed by atoms with van der Waals surface area (Å²) in [5, 5.41) is 0. The van der Waals surface area contributed by atoms with Crippen molar-refractivity contribution in [2.24, 2.45) is 0 Å². The van der Waals surface area contributed by atoms with E-state index in [1.165, 1.54) is 77.0 Å². The first-order chi connectivity index (χ1) is 34.0. The summed E-state index contributed by atoms with van der Waals surface area (Å²) in [6.45, 7) is 6.34. The Morgan fingerprint density at radius 1 is 0.304 bits per heavy atom. The van der Waals surface area contributed by atoms with E-state index in [1.54, 1.807) is 0 Å². The van der Waals surface area contributed by atoms with Crippen LogP contribution in [-0.2, 0) is 28.6 Å². The molecular formula is C63H102O6. The van der Waals surface area contributed by atoms with Crippen molar-refractivity contribution in [3.63, 3.8) is 0 Å². The average Bonchev–Trinajstić information content (AvgIpc) is 3.35. The molecule has 0 amide bonds. The second kappa shape index (κ2) is 56.4. The second-order valence-electron chi connectivity index (χ2n) is 18.1. The van der Waals surface area contributed by atoms with Gasteiger partial charge < -0.3 is 14.2 Å². The van der Waals surface area contributed by atoms with E-state index in [1.807, 2.05) is 0 Å². The summed E-state index contributed by atoms with van der Waals surface area (Å²) in [4.78, 5) is 38.1. The molecule has 390 valence electrons. The lowest BCUT2D eigenvalue weighted by molar-refractivity contribution is -0.167. The van der Waals surface area contributed by atoms with Gasteiger partial charge in [0, 0.05) is 19.3 Å². The number of hydrogen-bond donors (Lipinski definition) is 0. The zero-order chi connectivity index (χ0) is 50.0. The predicted octanol–water partition coefficient (Wildman–Crippen LogP) is 18.9. The maximum Gasteiger partial charge on any atom is 0.306 e. The predicted molar refractivity (Wildman–Crippen MR) is 297 cm³/mol. The number of unbranched alkanes of at least 4 members (excludes halogenated alkanes) is 18. The molecule has 1 atom stereocenters. The van der Waals surface area contributed by atoms with E-state index >= 15 is 0 Å². The number of hydrogen-bond acceptors (Lipinski definition) is 6. The van der Waals surface area contributed by atoms with Crippen molar-refractivity contribution < 1.29 is 28.6 Å². The van der Waals surface area contributed by atoms with Crippen LogP contribution in [0.5, 0.6) is 0 Å². The van der Waals surface area contributed by atoms with Crippen molar-refractivity contribution >= 4 is 17.9 Å². The first-order valence-corrected chi connectivity index (χ1v) is 28.0. The van der Waals surface area contributed by atoms with Gasteiger partial charge in [-0.3, -0.25) is 14.4 Å². The molecule has 0 aliphatic heterocycles. The quantitative estimate of drug-likeness (QED) is 0.0262. The summed E-state index contributed by atoms with van der Waals surface area (Å²) >= 11 is 0. The van der Waals surface area contributed by atoms with E-state index in [0.717, 1.165) is 116 Å². The second-order valence-corrected chi connectivity index (χ2v) is 18.1. The molecule has 0 saturated carbocycles. The molecule has 0 radical (unpaired) electrons. The molecule has 0 aromatic heterocycles. The Hall–Kier alpha value is -4.19. The molecule has 0 rings (SSSR count). The molecule has 0 aliphatic carbocycles. The Kier molecular flexibility index (Phi) is 53.0. The molecule has 0 aromatic rings. The zero-order valence-electron chi connectivity index (χ0n) is 44.5. The molecule has 1 unspecified atom stereocenters. The molecule has 0 aliphatic rings. The van der Waals surface area contributed by atoms with Crippen LogP contribution in [0.3, 0.4) is 0 Å². The van der Waals surface area contributed by atoms with Gasteiger partial charge in [0.15, 0.2) is 6.10 Å². The van der Waals surface area contributed by atoms with Gasteiger partial charge in [-0.1, -0.05) is 239 Å². The van der Waals surface area contributed by atoms with Crippen LogP contribution in [0.2, 0.25) is 0 Å².